The summed E-state index contributed by atoms with van der Waals surface area (Å²) in [6.07, 6.45) is 0. The van der Waals surface area contributed by atoms with Crippen molar-refractivity contribution in [1.29, 1.82) is 0 Å². The highest BCUT2D eigenvalue weighted by atomic mass is 35.5. The Bertz CT molecular complexity index is 1280. The molecule has 0 atom stereocenters. The predicted octanol–water partition coefficient (Wildman–Crippen LogP) is 5.95. The van der Waals surface area contributed by atoms with E-state index < -0.39 is 0 Å². The second kappa shape index (κ2) is 10.7. The molecular weight excluding hydrogens is 452 g/mol. The van der Waals surface area contributed by atoms with Crippen molar-refractivity contribution >= 4 is 40.8 Å². The van der Waals surface area contributed by atoms with Crippen LogP contribution in [0, 0.1) is 6.92 Å². The number of hydrogen-bond acceptors (Lipinski definition) is 8. The van der Waals surface area contributed by atoms with Gasteiger partial charge >= 0.3 is 0 Å². The van der Waals surface area contributed by atoms with Gasteiger partial charge in [0, 0.05) is 34.6 Å². The lowest BCUT2D eigenvalue weighted by Crippen LogP contribution is -2.10. The molecule has 1 heterocycles. The molecule has 0 saturated heterocycles. The van der Waals surface area contributed by atoms with Crippen LogP contribution < -0.4 is 25.4 Å². The average Bonchev–Trinajstić information content (AvgIpc) is 2.84. The number of para-hydroxylation sites is 1. The molecule has 0 saturated carbocycles. The van der Waals surface area contributed by atoms with Gasteiger partial charge in [0.25, 0.3) is 0 Å². The molecule has 0 radical (unpaired) electrons. The molecule has 1 aromatic heterocycles. The number of anilines is 5. The quantitative estimate of drug-likeness (QED) is 0.273. The first kappa shape index (κ1) is 23.1. The Morgan fingerprint density at radius 2 is 1.56 bits per heavy atom. The van der Waals surface area contributed by atoms with Gasteiger partial charge in [-0.1, -0.05) is 41.9 Å². The molecule has 0 fully saturated rings. The van der Waals surface area contributed by atoms with Crippen molar-refractivity contribution in [2.75, 3.05) is 30.2 Å². The Balaban J connectivity index is 1.64. The summed E-state index contributed by atoms with van der Waals surface area (Å²) in [6.45, 7) is 2.47. The molecule has 0 aliphatic carbocycles. The molecule has 9 heteroatoms. The smallest absolute Gasteiger partial charge is 0.233 e. The van der Waals surface area contributed by atoms with E-state index >= 15 is 0 Å². The van der Waals surface area contributed by atoms with E-state index in [4.69, 9.17) is 21.1 Å². The summed E-state index contributed by atoms with van der Waals surface area (Å²) in [5.41, 5.74) is 3.59. The van der Waals surface area contributed by atoms with E-state index in [1.54, 1.807) is 26.4 Å². The summed E-state index contributed by atoms with van der Waals surface area (Å²) in [5, 5.41) is 10.3. The van der Waals surface area contributed by atoms with Gasteiger partial charge in [0.2, 0.25) is 17.8 Å². The van der Waals surface area contributed by atoms with Crippen LogP contribution in [0.2, 0.25) is 5.02 Å². The van der Waals surface area contributed by atoms with Crippen molar-refractivity contribution in [1.82, 2.24) is 15.0 Å². The van der Waals surface area contributed by atoms with E-state index in [2.05, 4.69) is 30.9 Å². The molecule has 8 nitrogen and oxygen atoms in total. The van der Waals surface area contributed by atoms with E-state index in [0.717, 1.165) is 34.0 Å². The molecule has 174 valence electrons. The summed E-state index contributed by atoms with van der Waals surface area (Å²) in [7, 11) is 3.28. The first-order valence-corrected chi connectivity index (χ1v) is 11.0. The maximum absolute atomic E-state index is 6.13. The Kier molecular flexibility index (Phi) is 7.29. The normalized spacial score (nSPS) is 10.5. The van der Waals surface area contributed by atoms with E-state index in [1.807, 2.05) is 61.5 Å². The first-order chi connectivity index (χ1) is 16.5. The molecule has 4 aromatic rings. The fraction of sp³-hybridized carbons (Fsp3) is 0.160. The van der Waals surface area contributed by atoms with Gasteiger partial charge in [0.15, 0.2) is 0 Å². The van der Waals surface area contributed by atoms with Crippen LogP contribution in [0.3, 0.4) is 0 Å². The van der Waals surface area contributed by atoms with Crippen molar-refractivity contribution in [2.24, 2.45) is 0 Å². The third-order valence-electron chi connectivity index (χ3n) is 5.04. The zero-order valence-corrected chi connectivity index (χ0v) is 19.8. The number of ether oxygens (including phenoxy) is 2. The highest BCUT2D eigenvalue weighted by Gasteiger charge is 2.11. The summed E-state index contributed by atoms with van der Waals surface area (Å²) in [5.74, 6) is 2.65. The molecule has 0 aliphatic heterocycles. The van der Waals surface area contributed by atoms with Gasteiger partial charge in [-0.15, -0.1) is 0 Å². The summed E-state index contributed by atoms with van der Waals surface area (Å²) in [4.78, 5) is 13.6. The van der Waals surface area contributed by atoms with Crippen LogP contribution in [0.4, 0.5) is 29.2 Å². The maximum atomic E-state index is 6.13. The van der Waals surface area contributed by atoms with Gasteiger partial charge in [-0.25, -0.2) is 0 Å². The van der Waals surface area contributed by atoms with Crippen LogP contribution in [0.5, 0.6) is 11.5 Å². The minimum absolute atomic E-state index is 0.364. The molecule has 3 N–H and O–H groups in total. The van der Waals surface area contributed by atoms with Crippen molar-refractivity contribution in [3.63, 3.8) is 0 Å². The number of nitrogens with zero attached hydrogens (tertiary/aromatic N) is 3. The topological polar surface area (TPSA) is 93.2 Å². The molecule has 0 bridgehead atoms. The number of aromatic nitrogens is 3. The molecule has 0 unspecified atom stereocenters. The van der Waals surface area contributed by atoms with Gasteiger partial charge in [-0.2, -0.15) is 15.0 Å². The lowest BCUT2D eigenvalue weighted by molar-refractivity contribution is 0.410. The van der Waals surface area contributed by atoms with Gasteiger partial charge in [0.1, 0.15) is 11.5 Å². The number of benzene rings is 3. The second-order valence-corrected chi connectivity index (χ2v) is 7.85. The van der Waals surface area contributed by atoms with Crippen molar-refractivity contribution in [3.8, 4) is 11.5 Å². The molecule has 0 aliphatic rings. The SMILES string of the molecule is COc1ccc(C)c(Nc2nc(NCc3ccccc3OC)nc(Nc3cccc(Cl)c3)n2)c1. The van der Waals surface area contributed by atoms with E-state index in [-0.39, 0.29) is 0 Å². The second-order valence-electron chi connectivity index (χ2n) is 7.41. The Morgan fingerprint density at radius 1 is 0.794 bits per heavy atom. The highest BCUT2D eigenvalue weighted by molar-refractivity contribution is 6.30. The largest absolute Gasteiger partial charge is 0.497 e. The van der Waals surface area contributed by atoms with E-state index in [1.165, 1.54) is 0 Å². The van der Waals surface area contributed by atoms with Crippen LogP contribution in [0.25, 0.3) is 0 Å². The number of hydrogen-bond donors (Lipinski definition) is 3. The van der Waals surface area contributed by atoms with Gasteiger partial charge in [-0.05, 0) is 42.8 Å². The summed E-state index contributed by atoms with van der Waals surface area (Å²) < 4.78 is 10.8. The fourth-order valence-corrected chi connectivity index (χ4v) is 3.46. The standard InChI is InChI=1S/C25H25ClN6O2/c1-16-11-12-20(33-2)14-21(16)29-25-31-23(27-15-17-7-4-5-10-22(17)34-3)30-24(32-25)28-19-9-6-8-18(26)13-19/h4-14H,15H2,1-3H3,(H3,27,28,29,30,31,32). The Hall–Kier alpha value is -4.04. The summed E-state index contributed by atoms with van der Waals surface area (Å²) >= 11 is 6.13. The van der Waals surface area contributed by atoms with Crippen molar-refractivity contribution < 1.29 is 9.47 Å². The third-order valence-corrected chi connectivity index (χ3v) is 5.27. The molecule has 0 spiro atoms. The van der Waals surface area contributed by atoms with Crippen molar-refractivity contribution in [2.45, 2.75) is 13.5 Å². The summed E-state index contributed by atoms with van der Waals surface area (Å²) in [6, 6.07) is 20.9. The van der Waals surface area contributed by atoms with Crippen LogP contribution in [0.1, 0.15) is 11.1 Å². The van der Waals surface area contributed by atoms with Gasteiger partial charge in [0.05, 0.1) is 14.2 Å². The maximum Gasteiger partial charge on any atom is 0.233 e. The number of methoxy groups -OCH3 is 2. The zero-order valence-electron chi connectivity index (χ0n) is 19.1. The lowest BCUT2D eigenvalue weighted by atomic mass is 10.2. The molecule has 3 aromatic carbocycles. The minimum atomic E-state index is 0.364. The van der Waals surface area contributed by atoms with Crippen molar-refractivity contribution in [3.05, 3.63) is 82.9 Å². The monoisotopic (exact) mass is 476 g/mol. The average molecular weight is 477 g/mol. The molecular formula is C25H25ClN6O2. The predicted molar refractivity (Wildman–Crippen MR) is 136 cm³/mol. The van der Waals surface area contributed by atoms with Crippen LogP contribution >= 0.6 is 11.6 Å². The van der Waals surface area contributed by atoms with Crippen LogP contribution in [0.15, 0.2) is 66.7 Å². The zero-order chi connectivity index (χ0) is 23.9. The van der Waals surface area contributed by atoms with E-state index in [0.29, 0.717) is 29.4 Å². The van der Waals surface area contributed by atoms with Gasteiger partial charge in [-0.3, -0.25) is 0 Å². The number of nitrogens with one attached hydrogen (secondary N) is 3. The number of rotatable bonds is 9. The van der Waals surface area contributed by atoms with E-state index in [9.17, 15) is 0 Å². The van der Waals surface area contributed by atoms with Crippen LogP contribution in [-0.4, -0.2) is 29.2 Å². The lowest BCUT2D eigenvalue weighted by Gasteiger charge is -2.14. The number of aryl methyl sites for hydroxylation is 1. The highest BCUT2D eigenvalue weighted by Crippen LogP contribution is 2.26. The molecule has 0 amide bonds. The van der Waals surface area contributed by atoms with Gasteiger partial charge < -0.3 is 25.4 Å². The Labute approximate surface area is 203 Å². The Morgan fingerprint density at radius 3 is 2.32 bits per heavy atom. The van der Waals surface area contributed by atoms with Crippen LogP contribution in [-0.2, 0) is 6.54 Å². The number of halogens is 1. The first-order valence-electron chi connectivity index (χ1n) is 10.6. The fourth-order valence-electron chi connectivity index (χ4n) is 3.27. The molecule has 34 heavy (non-hydrogen) atoms. The minimum Gasteiger partial charge on any atom is -0.497 e. The molecule has 4 rings (SSSR count). The third kappa shape index (κ3) is 5.85.